The first-order valence-corrected chi connectivity index (χ1v) is 7.77. The third-order valence-corrected chi connectivity index (χ3v) is 2.16. The summed E-state index contributed by atoms with van der Waals surface area (Å²) < 4.78 is 32.0. The minimum Gasteiger partial charge on any atom is -0.460 e. The van der Waals surface area contributed by atoms with Gasteiger partial charge in [0.2, 0.25) is 0 Å². The summed E-state index contributed by atoms with van der Waals surface area (Å²) in [7, 11) is -8.62. The van der Waals surface area contributed by atoms with Crippen LogP contribution in [0.4, 0.5) is 0 Å². The van der Waals surface area contributed by atoms with Crippen molar-refractivity contribution in [1.82, 2.24) is 0 Å². The normalized spacial score (nSPS) is 11.2. The van der Waals surface area contributed by atoms with Crippen molar-refractivity contribution >= 4 is 21.6 Å². The predicted octanol–water partition coefficient (Wildman–Crippen LogP) is -0.0595. The van der Waals surface area contributed by atoms with Crippen molar-refractivity contribution in [3.8, 4) is 0 Å². The van der Waals surface area contributed by atoms with Gasteiger partial charge in [-0.05, 0) is 6.92 Å². The summed E-state index contributed by atoms with van der Waals surface area (Å²) in [5.41, 5.74) is 0. The molecule has 0 aromatic carbocycles. The molecule has 0 aliphatic carbocycles. The van der Waals surface area contributed by atoms with E-state index >= 15 is 0 Å². The number of esters is 1. The molecule has 0 bridgehead atoms. The predicted molar refractivity (Wildman–Crippen MR) is 62.8 cm³/mol. The SMILES string of the molecule is C=CC(=O)OCCOP(=O)(O)O.CCOP(=O)(O)O. The fourth-order valence-electron chi connectivity index (χ4n) is 0.526. The molecule has 10 nitrogen and oxygen atoms in total. The van der Waals surface area contributed by atoms with E-state index in [9.17, 15) is 13.9 Å². The highest BCUT2D eigenvalue weighted by molar-refractivity contribution is 7.46. The highest BCUT2D eigenvalue weighted by Gasteiger charge is 2.13. The van der Waals surface area contributed by atoms with Crippen molar-refractivity contribution in [1.29, 1.82) is 0 Å². The first-order chi connectivity index (χ1) is 8.52. The number of hydrogen-bond donors (Lipinski definition) is 4. The van der Waals surface area contributed by atoms with E-state index in [-0.39, 0.29) is 19.8 Å². The Kier molecular flexibility index (Phi) is 11.2. The lowest BCUT2D eigenvalue weighted by molar-refractivity contribution is -0.138. The van der Waals surface area contributed by atoms with Gasteiger partial charge in [0.15, 0.2) is 0 Å². The number of ether oxygens (including phenoxy) is 1. The maximum absolute atomic E-state index is 10.3. The molecule has 0 aromatic heterocycles. The van der Waals surface area contributed by atoms with Crippen LogP contribution in [0.2, 0.25) is 0 Å². The van der Waals surface area contributed by atoms with Crippen LogP contribution in [0.3, 0.4) is 0 Å². The summed E-state index contributed by atoms with van der Waals surface area (Å²) in [4.78, 5) is 42.5. The third kappa shape index (κ3) is 23.0. The van der Waals surface area contributed by atoms with Crippen molar-refractivity contribution in [3.05, 3.63) is 12.7 Å². The molecule has 0 saturated carbocycles. The van der Waals surface area contributed by atoms with E-state index < -0.39 is 21.6 Å². The zero-order valence-corrected chi connectivity index (χ0v) is 11.8. The molecule has 0 spiro atoms. The number of rotatable bonds is 7. The molecule has 0 aliphatic rings. The molecule has 0 heterocycles. The van der Waals surface area contributed by atoms with Crippen LogP contribution in [-0.4, -0.2) is 45.4 Å². The zero-order chi connectivity index (χ0) is 15.5. The summed E-state index contributed by atoms with van der Waals surface area (Å²) in [5, 5.41) is 0. The zero-order valence-electron chi connectivity index (χ0n) is 10.0. The molecule has 0 radical (unpaired) electrons. The Hall–Kier alpha value is -0.570. The summed E-state index contributed by atoms with van der Waals surface area (Å²) >= 11 is 0. The molecule has 0 amide bonds. The van der Waals surface area contributed by atoms with Crippen LogP contribution in [0.25, 0.3) is 0 Å². The molecule has 0 saturated heterocycles. The van der Waals surface area contributed by atoms with Gasteiger partial charge < -0.3 is 24.3 Å². The van der Waals surface area contributed by atoms with Gasteiger partial charge in [0.05, 0.1) is 13.2 Å². The molecule has 0 unspecified atom stereocenters. The van der Waals surface area contributed by atoms with Gasteiger partial charge in [-0.2, -0.15) is 0 Å². The monoisotopic (exact) mass is 322 g/mol. The number of carbonyl (C=O) groups is 1. The van der Waals surface area contributed by atoms with Crippen molar-refractivity contribution in [2.24, 2.45) is 0 Å². The van der Waals surface area contributed by atoms with E-state index in [0.29, 0.717) is 0 Å². The minimum atomic E-state index is -4.45. The molecular formula is C7H16O10P2. The van der Waals surface area contributed by atoms with Gasteiger partial charge in [-0.25, -0.2) is 13.9 Å². The quantitative estimate of drug-likeness (QED) is 0.216. The van der Waals surface area contributed by atoms with Gasteiger partial charge in [-0.15, -0.1) is 0 Å². The minimum absolute atomic E-state index is 0.0459. The smallest absolute Gasteiger partial charge is 0.460 e. The molecule has 12 heteroatoms. The Bertz CT molecular complexity index is 355. The van der Waals surface area contributed by atoms with Gasteiger partial charge in [-0.1, -0.05) is 6.58 Å². The average molecular weight is 322 g/mol. The summed E-state index contributed by atoms with van der Waals surface area (Å²) in [6, 6.07) is 0. The van der Waals surface area contributed by atoms with Gasteiger partial charge >= 0.3 is 21.6 Å². The van der Waals surface area contributed by atoms with E-state index in [2.05, 4.69) is 20.4 Å². The van der Waals surface area contributed by atoms with Gasteiger partial charge in [0.1, 0.15) is 6.61 Å². The number of phosphoric acid groups is 2. The molecular weight excluding hydrogens is 306 g/mol. The Morgan fingerprint density at radius 1 is 1.11 bits per heavy atom. The fourth-order valence-corrected chi connectivity index (χ4v) is 1.17. The molecule has 0 atom stereocenters. The number of carbonyl (C=O) groups excluding carboxylic acids is 1. The number of hydrogen-bond acceptors (Lipinski definition) is 6. The van der Waals surface area contributed by atoms with E-state index in [4.69, 9.17) is 19.6 Å². The Morgan fingerprint density at radius 3 is 1.84 bits per heavy atom. The lowest BCUT2D eigenvalue weighted by atomic mass is 10.6. The lowest BCUT2D eigenvalue weighted by Gasteiger charge is -2.04. The van der Waals surface area contributed by atoms with Crippen molar-refractivity contribution < 1.29 is 47.3 Å². The highest BCUT2D eigenvalue weighted by Crippen LogP contribution is 2.35. The van der Waals surface area contributed by atoms with Crippen LogP contribution in [0, 0.1) is 0 Å². The fraction of sp³-hybridized carbons (Fsp3) is 0.571. The Labute approximate surface area is 109 Å². The molecule has 4 N–H and O–H groups in total. The molecule has 19 heavy (non-hydrogen) atoms. The molecule has 114 valence electrons. The summed E-state index contributed by atoms with van der Waals surface area (Å²) in [6.07, 6.45) is 0.942. The largest absolute Gasteiger partial charge is 0.469 e. The van der Waals surface area contributed by atoms with Crippen LogP contribution >= 0.6 is 15.6 Å². The maximum atomic E-state index is 10.3. The van der Waals surface area contributed by atoms with Crippen LogP contribution in [0.5, 0.6) is 0 Å². The summed E-state index contributed by atoms with van der Waals surface area (Å²) in [5.74, 6) is -0.663. The van der Waals surface area contributed by atoms with Crippen molar-refractivity contribution in [2.75, 3.05) is 19.8 Å². The highest BCUT2D eigenvalue weighted by atomic mass is 31.2. The second-order valence-electron chi connectivity index (χ2n) is 2.60. The molecule has 0 aromatic rings. The van der Waals surface area contributed by atoms with Gasteiger partial charge in [-0.3, -0.25) is 9.05 Å². The third-order valence-electron chi connectivity index (χ3n) is 1.05. The van der Waals surface area contributed by atoms with Crippen molar-refractivity contribution in [2.45, 2.75) is 6.92 Å². The topological polar surface area (TPSA) is 160 Å². The Morgan fingerprint density at radius 2 is 1.58 bits per heavy atom. The second kappa shape index (κ2) is 10.2. The molecule has 0 aliphatic heterocycles. The Balaban J connectivity index is 0. The number of phosphoric ester groups is 2. The standard InChI is InChI=1S/C5H9O6P.C2H7O4P/c1-2-5(6)10-3-4-11-12(7,8)9;1-2-6-7(3,4)5/h2H,1,3-4H2,(H2,7,8,9);2H2,1H3,(H2,3,4,5). The van der Waals surface area contributed by atoms with Crippen LogP contribution in [0.1, 0.15) is 6.92 Å². The molecule has 0 rings (SSSR count). The maximum Gasteiger partial charge on any atom is 0.469 e. The average Bonchev–Trinajstić information content (AvgIpc) is 2.22. The van der Waals surface area contributed by atoms with Gasteiger partial charge in [0, 0.05) is 6.08 Å². The van der Waals surface area contributed by atoms with Gasteiger partial charge in [0.25, 0.3) is 0 Å². The van der Waals surface area contributed by atoms with E-state index in [0.717, 1.165) is 6.08 Å². The second-order valence-corrected chi connectivity index (χ2v) is 5.08. The van der Waals surface area contributed by atoms with Crippen molar-refractivity contribution in [3.63, 3.8) is 0 Å². The van der Waals surface area contributed by atoms with E-state index in [1.165, 1.54) is 6.92 Å². The first-order valence-electron chi connectivity index (χ1n) is 4.71. The lowest BCUT2D eigenvalue weighted by Crippen LogP contribution is -2.07. The van der Waals surface area contributed by atoms with Crippen LogP contribution in [-0.2, 0) is 27.7 Å². The first kappa shape index (κ1) is 20.7. The summed E-state index contributed by atoms with van der Waals surface area (Å²) in [6.45, 7) is 4.12. The van der Waals surface area contributed by atoms with Crippen LogP contribution < -0.4 is 0 Å². The van der Waals surface area contributed by atoms with Crippen LogP contribution in [0.15, 0.2) is 12.7 Å². The molecule has 0 fully saturated rings. The van der Waals surface area contributed by atoms with E-state index in [1.807, 2.05) is 0 Å². The van der Waals surface area contributed by atoms with E-state index in [1.54, 1.807) is 0 Å².